The summed E-state index contributed by atoms with van der Waals surface area (Å²) < 4.78 is 5.90. The number of halogens is 1. The molecule has 0 saturated heterocycles. The van der Waals surface area contributed by atoms with Gasteiger partial charge in [0.2, 0.25) is 0 Å². The lowest BCUT2D eigenvalue weighted by Crippen LogP contribution is -2.05. The molecule has 0 radical (unpaired) electrons. The van der Waals surface area contributed by atoms with E-state index in [9.17, 15) is 14.7 Å². The van der Waals surface area contributed by atoms with Crippen LogP contribution in [0.25, 0.3) is 10.1 Å². The average Bonchev–Trinajstić information content (AvgIpc) is 2.43. The predicted octanol–water partition coefficient (Wildman–Crippen LogP) is 3.97. The number of aliphatic hydroxyl groups is 1. The molecule has 7 heteroatoms. The number of esters is 1. The Morgan fingerprint density at radius 1 is 1.38 bits per heavy atom. The number of aliphatic hydroxyl groups excluding tert-OH is 1. The first-order chi connectivity index (χ1) is 9.92. The standard InChI is InChI=1S/C14H11ClO4S2/c1-7(16)13(14(18)19-2)21-12-6-10(17)9-4-3-8(15)5-11(9)20-12/h3-6,16H,1-2H3/b13-7-. The Kier molecular flexibility index (Phi) is 4.92. The van der Waals surface area contributed by atoms with Gasteiger partial charge in [0.05, 0.1) is 11.3 Å². The minimum Gasteiger partial charge on any atom is -0.511 e. The highest BCUT2D eigenvalue weighted by Crippen LogP contribution is 2.34. The maximum atomic E-state index is 12.1. The molecule has 0 unspecified atom stereocenters. The molecule has 0 aliphatic carbocycles. The highest BCUT2D eigenvalue weighted by atomic mass is 35.5. The molecule has 4 nitrogen and oxygen atoms in total. The van der Waals surface area contributed by atoms with Crippen LogP contribution >= 0.6 is 34.7 Å². The van der Waals surface area contributed by atoms with Crippen LogP contribution in [0, 0.1) is 0 Å². The summed E-state index contributed by atoms with van der Waals surface area (Å²) in [5.41, 5.74) is -0.164. The molecule has 0 saturated carbocycles. The van der Waals surface area contributed by atoms with Crippen LogP contribution in [-0.2, 0) is 9.53 Å². The summed E-state index contributed by atoms with van der Waals surface area (Å²) in [4.78, 5) is 23.7. The number of fused-ring (bicyclic) bond motifs is 1. The third-order valence-electron chi connectivity index (χ3n) is 2.57. The quantitative estimate of drug-likeness (QED) is 0.396. The molecule has 1 heterocycles. The maximum absolute atomic E-state index is 12.1. The first-order valence-corrected chi connectivity index (χ1v) is 7.83. The van der Waals surface area contributed by atoms with E-state index in [1.54, 1.807) is 18.2 Å². The summed E-state index contributed by atoms with van der Waals surface area (Å²) in [6.45, 7) is 1.39. The van der Waals surface area contributed by atoms with Crippen molar-refractivity contribution in [2.45, 2.75) is 11.1 Å². The van der Waals surface area contributed by atoms with Gasteiger partial charge in [-0.2, -0.15) is 0 Å². The summed E-state index contributed by atoms with van der Waals surface area (Å²) in [6.07, 6.45) is 0. The Hall–Kier alpha value is -1.50. The van der Waals surface area contributed by atoms with Gasteiger partial charge in [-0.15, -0.1) is 11.3 Å². The number of thioether (sulfide) groups is 1. The number of hydrogen-bond acceptors (Lipinski definition) is 6. The number of carbonyl (C=O) groups is 1. The van der Waals surface area contributed by atoms with Crippen molar-refractivity contribution in [1.29, 1.82) is 0 Å². The van der Waals surface area contributed by atoms with Gasteiger partial charge in [-0.3, -0.25) is 4.79 Å². The Bertz CT molecular complexity index is 791. The van der Waals surface area contributed by atoms with E-state index in [1.807, 2.05) is 0 Å². The molecule has 21 heavy (non-hydrogen) atoms. The number of methoxy groups -OCH3 is 1. The molecule has 1 aromatic carbocycles. The maximum Gasteiger partial charge on any atom is 0.348 e. The second-order valence-electron chi connectivity index (χ2n) is 4.08. The van der Waals surface area contributed by atoms with Crippen LogP contribution in [0.1, 0.15) is 6.92 Å². The Morgan fingerprint density at radius 3 is 2.71 bits per heavy atom. The zero-order chi connectivity index (χ0) is 15.6. The van der Waals surface area contributed by atoms with Crippen molar-refractivity contribution in [3.63, 3.8) is 0 Å². The highest BCUT2D eigenvalue weighted by Gasteiger charge is 2.17. The number of ether oxygens (including phenoxy) is 1. The van der Waals surface area contributed by atoms with E-state index in [-0.39, 0.29) is 16.1 Å². The van der Waals surface area contributed by atoms with Crippen molar-refractivity contribution in [2.75, 3.05) is 7.11 Å². The van der Waals surface area contributed by atoms with Crippen molar-refractivity contribution in [2.24, 2.45) is 0 Å². The largest absolute Gasteiger partial charge is 0.511 e. The van der Waals surface area contributed by atoms with Crippen molar-refractivity contribution in [1.82, 2.24) is 0 Å². The van der Waals surface area contributed by atoms with Crippen LogP contribution in [0.2, 0.25) is 5.02 Å². The molecule has 1 N–H and O–H groups in total. The molecule has 0 amide bonds. The fourth-order valence-electron chi connectivity index (χ4n) is 1.61. The van der Waals surface area contributed by atoms with E-state index in [0.717, 1.165) is 16.5 Å². The lowest BCUT2D eigenvalue weighted by atomic mass is 10.2. The second-order valence-corrected chi connectivity index (χ2v) is 6.91. The molecule has 0 bridgehead atoms. The van der Waals surface area contributed by atoms with E-state index < -0.39 is 5.97 Å². The normalized spacial score (nSPS) is 12.1. The van der Waals surface area contributed by atoms with Crippen LogP contribution in [0.3, 0.4) is 0 Å². The van der Waals surface area contributed by atoms with E-state index >= 15 is 0 Å². The summed E-state index contributed by atoms with van der Waals surface area (Å²) in [5, 5.41) is 10.7. The molecule has 2 aromatic rings. The van der Waals surface area contributed by atoms with Gasteiger partial charge in [0.25, 0.3) is 0 Å². The fourth-order valence-corrected chi connectivity index (χ4v) is 4.07. The Morgan fingerprint density at radius 2 is 2.10 bits per heavy atom. The minimum atomic E-state index is -0.647. The average molecular weight is 343 g/mol. The zero-order valence-electron chi connectivity index (χ0n) is 11.2. The molecular weight excluding hydrogens is 332 g/mol. The number of rotatable bonds is 3. The van der Waals surface area contributed by atoms with Gasteiger partial charge in [0.15, 0.2) is 5.43 Å². The van der Waals surface area contributed by atoms with E-state index in [0.29, 0.717) is 14.6 Å². The molecule has 0 fully saturated rings. The van der Waals surface area contributed by atoms with Gasteiger partial charge >= 0.3 is 5.97 Å². The SMILES string of the molecule is COC(=O)/C(Sc1cc(=O)c2ccc(Cl)cc2s1)=C(\C)O. The molecule has 0 spiro atoms. The van der Waals surface area contributed by atoms with Crippen molar-refractivity contribution in [3.05, 3.63) is 50.2 Å². The zero-order valence-corrected chi connectivity index (χ0v) is 13.6. The van der Waals surface area contributed by atoms with Crippen LogP contribution in [0.5, 0.6) is 0 Å². The van der Waals surface area contributed by atoms with Crippen molar-refractivity contribution in [3.8, 4) is 0 Å². The lowest BCUT2D eigenvalue weighted by Gasteiger charge is -2.06. The van der Waals surface area contributed by atoms with E-state index in [1.165, 1.54) is 31.4 Å². The number of hydrogen-bond donors (Lipinski definition) is 1. The lowest BCUT2D eigenvalue weighted by molar-refractivity contribution is -0.135. The minimum absolute atomic E-state index is 0.0505. The Balaban J connectivity index is 2.50. The van der Waals surface area contributed by atoms with Gasteiger partial charge in [0.1, 0.15) is 10.7 Å². The van der Waals surface area contributed by atoms with E-state index in [2.05, 4.69) is 4.74 Å². The van der Waals surface area contributed by atoms with E-state index in [4.69, 9.17) is 11.6 Å². The number of allylic oxidation sites excluding steroid dienone is 1. The van der Waals surface area contributed by atoms with Crippen LogP contribution in [0.15, 0.2) is 43.9 Å². The summed E-state index contributed by atoms with van der Waals surface area (Å²) >= 11 is 8.24. The van der Waals surface area contributed by atoms with Crippen LogP contribution < -0.4 is 5.43 Å². The van der Waals surface area contributed by atoms with Gasteiger partial charge < -0.3 is 9.84 Å². The molecule has 2 rings (SSSR count). The molecular formula is C14H11ClO4S2. The third-order valence-corrected chi connectivity index (χ3v) is 5.17. The van der Waals surface area contributed by atoms with Crippen LogP contribution in [-0.4, -0.2) is 18.2 Å². The monoisotopic (exact) mass is 342 g/mol. The van der Waals surface area contributed by atoms with Gasteiger partial charge in [-0.05, 0) is 25.1 Å². The van der Waals surface area contributed by atoms with Crippen molar-refractivity contribution < 1.29 is 14.6 Å². The van der Waals surface area contributed by atoms with Gasteiger partial charge in [0, 0.05) is 21.2 Å². The topological polar surface area (TPSA) is 63.6 Å². The smallest absolute Gasteiger partial charge is 0.348 e. The first-order valence-electron chi connectivity index (χ1n) is 5.82. The first kappa shape index (κ1) is 15.9. The summed E-state index contributed by atoms with van der Waals surface area (Å²) in [6, 6.07) is 6.44. The van der Waals surface area contributed by atoms with Crippen molar-refractivity contribution >= 4 is 50.8 Å². The molecule has 110 valence electrons. The van der Waals surface area contributed by atoms with Crippen LogP contribution in [0.4, 0.5) is 0 Å². The van der Waals surface area contributed by atoms with Gasteiger partial charge in [-0.1, -0.05) is 23.4 Å². The highest BCUT2D eigenvalue weighted by molar-refractivity contribution is 8.05. The molecule has 1 aromatic heterocycles. The third kappa shape index (κ3) is 3.58. The van der Waals surface area contributed by atoms with Gasteiger partial charge in [-0.25, -0.2) is 4.79 Å². The predicted molar refractivity (Wildman–Crippen MR) is 86.3 cm³/mol. The molecule has 0 atom stereocenters. The fraction of sp³-hybridized carbons (Fsp3) is 0.143. The number of carbonyl (C=O) groups excluding carboxylic acids is 1. The summed E-state index contributed by atoms with van der Waals surface area (Å²) in [7, 11) is 1.23. The summed E-state index contributed by atoms with van der Waals surface area (Å²) in [5.74, 6) is -0.802. The Labute approximate surface area is 134 Å². The second kappa shape index (κ2) is 6.51. The number of benzene rings is 1. The molecule has 0 aliphatic heterocycles. The molecule has 0 aliphatic rings.